The van der Waals surface area contributed by atoms with E-state index < -0.39 is 5.92 Å². The average Bonchev–Trinajstić information content (AvgIpc) is 2.23. The summed E-state index contributed by atoms with van der Waals surface area (Å²) in [7, 11) is 1.52. The second kappa shape index (κ2) is 6.94. The van der Waals surface area contributed by atoms with Gasteiger partial charge in [-0.1, -0.05) is 24.7 Å². The number of nitrogens with zero attached hydrogens (tertiary/aromatic N) is 1. The second-order valence-corrected chi connectivity index (χ2v) is 2.61. The predicted octanol–water partition coefficient (Wildman–Crippen LogP) is 0.749. The molecule has 0 fully saturated rings. The van der Waals surface area contributed by atoms with Crippen LogP contribution in [0.25, 0.3) is 0 Å². The molecular formula is C9H16N2O3. The molecule has 2 N–H and O–H groups in total. The normalized spacial score (nSPS) is 13.1. The van der Waals surface area contributed by atoms with Crippen molar-refractivity contribution in [2.75, 3.05) is 13.7 Å². The van der Waals surface area contributed by atoms with Gasteiger partial charge in [0.2, 0.25) is 11.8 Å². The zero-order chi connectivity index (χ0) is 11.0. The molecular weight excluding hydrogens is 184 g/mol. The molecule has 0 aliphatic rings. The number of nitrogens with one attached hydrogen (secondary N) is 1. The molecule has 5 heteroatoms. The van der Waals surface area contributed by atoms with Gasteiger partial charge in [-0.2, -0.15) is 0 Å². The van der Waals surface area contributed by atoms with Gasteiger partial charge in [0.05, 0.1) is 0 Å². The maximum atomic E-state index is 11.3. The molecule has 0 aromatic heterocycles. The van der Waals surface area contributed by atoms with E-state index in [1.165, 1.54) is 13.1 Å². The summed E-state index contributed by atoms with van der Waals surface area (Å²) in [5.74, 6) is -0.763. The summed E-state index contributed by atoms with van der Waals surface area (Å²) in [4.78, 5) is 11.3. The number of hydrogen-bond acceptors (Lipinski definition) is 4. The summed E-state index contributed by atoms with van der Waals surface area (Å²) < 4.78 is 5.04. The van der Waals surface area contributed by atoms with Crippen LogP contribution in [-0.2, 0) is 9.53 Å². The third kappa shape index (κ3) is 3.47. The van der Waals surface area contributed by atoms with Crippen molar-refractivity contribution in [3.63, 3.8) is 0 Å². The van der Waals surface area contributed by atoms with Crippen molar-refractivity contribution in [3.05, 3.63) is 12.7 Å². The van der Waals surface area contributed by atoms with Gasteiger partial charge < -0.3 is 15.3 Å². The van der Waals surface area contributed by atoms with E-state index in [4.69, 9.17) is 9.94 Å². The van der Waals surface area contributed by atoms with E-state index in [0.29, 0.717) is 6.42 Å². The van der Waals surface area contributed by atoms with Gasteiger partial charge in [-0.25, -0.2) is 0 Å². The number of carbonyl (C=O) groups excluding carboxylic acids is 1. The third-order valence-electron chi connectivity index (χ3n) is 1.72. The molecule has 80 valence electrons. The molecule has 0 heterocycles. The minimum atomic E-state index is -0.551. The molecule has 0 aliphatic carbocycles. The van der Waals surface area contributed by atoms with Crippen LogP contribution in [0.5, 0.6) is 0 Å². The van der Waals surface area contributed by atoms with Crippen molar-refractivity contribution < 1.29 is 14.7 Å². The van der Waals surface area contributed by atoms with Crippen LogP contribution in [0.2, 0.25) is 0 Å². The first-order chi connectivity index (χ1) is 6.71. The fourth-order valence-electron chi connectivity index (χ4n) is 0.990. The van der Waals surface area contributed by atoms with E-state index >= 15 is 0 Å². The molecule has 1 amide bonds. The van der Waals surface area contributed by atoms with E-state index in [9.17, 15) is 4.79 Å². The molecule has 5 nitrogen and oxygen atoms in total. The minimum Gasteiger partial charge on any atom is -0.474 e. The number of ether oxygens (including phenoxy) is 1. The fourth-order valence-corrected chi connectivity index (χ4v) is 0.990. The first-order valence-electron chi connectivity index (χ1n) is 4.38. The molecule has 1 unspecified atom stereocenters. The molecule has 0 aromatic rings. The summed E-state index contributed by atoms with van der Waals surface area (Å²) in [6.45, 7) is 5.48. The number of carbonyl (C=O) groups is 1. The quantitative estimate of drug-likeness (QED) is 0.226. The Kier molecular flexibility index (Phi) is 6.19. The smallest absolute Gasteiger partial charge is 0.238 e. The van der Waals surface area contributed by atoms with Gasteiger partial charge in [-0.15, -0.1) is 0 Å². The van der Waals surface area contributed by atoms with Crippen molar-refractivity contribution >= 4 is 11.8 Å². The van der Waals surface area contributed by atoms with E-state index in [1.807, 2.05) is 6.92 Å². The van der Waals surface area contributed by atoms with Crippen molar-refractivity contribution in [1.82, 2.24) is 5.32 Å². The lowest BCUT2D eigenvalue weighted by Gasteiger charge is -2.14. The van der Waals surface area contributed by atoms with Gasteiger partial charge >= 0.3 is 0 Å². The van der Waals surface area contributed by atoms with Crippen LogP contribution in [-0.4, -0.2) is 30.7 Å². The third-order valence-corrected chi connectivity index (χ3v) is 1.72. The van der Waals surface area contributed by atoms with Gasteiger partial charge in [-0.05, 0) is 6.42 Å². The van der Waals surface area contributed by atoms with Crippen molar-refractivity contribution in [2.24, 2.45) is 11.1 Å². The molecule has 0 saturated carbocycles. The lowest BCUT2D eigenvalue weighted by Crippen LogP contribution is -2.34. The Labute approximate surface area is 83.4 Å². The largest absolute Gasteiger partial charge is 0.474 e. The van der Waals surface area contributed by atoms with Crippen LogP contribution in [0.15, 0.2) is 17.8 Å². The monoisotopic (exact) mass is 200 g/mol. The van der Waals surface area contributed by atoms with Crippen molar-refractivity contribution in [2.45, 2.75) is 13.3 Å². The van der Waals surface area contributed by atoms with Crippen LogP contribution >= 0.6 is 0 Å². The number of rotatable bonds is 5. The Hall–Kier alpha value is -1.52. The van der Waals surface area contributed by atoms with Gasteiger partial charge in [0.15, 0.2) is 0 Å². The number of hydrogen-bond donors (Lipinski definition) is 2. The number of oxime groups is 1. The average molecular weight is 200 g/mol. The fraction of sp³-hybridized carbons (Fsp3) is 0.556. The van der Waals surface area contributed by atoms with Gasteiger partial charge in [0.25, 0.3) is 0 Å². The van der Waals surface area contributed by atoms with Crippen LogP contribution in [0.3, 0.4) is 0 Å². The number of amides is 1. The highest BCUT2D eigenvalue weighted by molar-refractivity contribution is 5.99. The maximum Gasteiger partial charge on any atom is 0.238 e. The van der Waals surface area contributed by atoms with Crippen LogP contribution in [0, 0.1) is 5.92 Å². The van der Waals surface area contributed by atoms with E-state index in [-0.39, 0.29) is 18.4 Å². The van der Waals surface area contributed by atoms with E-state index in [2.05, 4.69) is 17.1 Å². The highest BCUT2D eigenvalue weighted by atomic mass is 16.5. The predicted molar refractivity (Wildman–Crippen MR) is 53.2 cm³/mol. The Bertz CT molecular complexity index is 226. The van der Waals surface area contributed by atoms with Crippen molar-refractivity contribution in [1.29, 1.82) is 0 Å². The molecule has 0 radical (unpaired) electrons. The second-order valence-electron chi connectivity index (χ2n) is 2.61. The molecule has 1 atom stereocenters. The van der Waals surface area contributed by atoms with Crippen molar-refractivity contribution in [3.8, 4) is 0 Å². The van der Waals surface area contributed by atoms with Crippen LogP contribution in [0.1, 0.15) is 13.3 Å². The van der Waals surface area contributed by atoms with E-state index in [1.54, 1.807) is 0 Å². The molecule has 0 bridgehead atoms. The first kappa shape index (κ1) is 12.5. The Balaban J connectivity index is 4.45. The van der Waals surface area contributed by atoms with Gasteiger partial charge in [-0.3, -0.25) is 4.79 Å². The highest BCUT2D eigenvalue weighted by Gasteiger charge is 2.23. The summed E-state index contributed by atoms with van der Waals surface area (Å²) >= 11 is 0. The lowest BCUT2D eigenvalue weighted by molar-refractivity contribution is -0.123. The van der Waals surface area contributed by atoms with E-state index in [0.717, 1.165) is 0 Å². The molecule has 0 aliphatic heterocycles. The van der Waals surface area contributed by atoms with Crippen LogP contribution < -0.4 is 5.32 Å². The summed E-state index contributed by atoms with van der Waals surface area (Å²) in [5.41, 5.74) is 0. The zero-order valence-electron chi connectivity index (χ0n) is 8.49. The standard InChI is InChI=1S/C9H16N2O3/c1-4-6-14-9(11-13)7(5-2)8(12)10-3/h4,7,13H,1,5-6H2,2-3H3,(H,10,12). The first-order valence-corrected chi connectivity index (χ1v) is 4.38. The topological polar surface area (TPSA) is 70.9 Å². The minimum absolute atomic E-state index is 0.0201. The highest BCUT2D eigenvalue weighted by Crippen LogP contribution is 2.07. The Morgan fingerprint density at radius 1 is 1.79 bits per heavy atom. The maximum absolute atomic E-state index is 11.3. The summed E-state index contributed by atoms with van der Waals surface area (Å²) in [6, 6.07) is 0. The zero-order valence-corrected chi connectivity index (χ0v) is 8.49. The van der Waals surface area contributed by atoms with Crippen LogP contribution in [0.4, 0.5) is 0 Å². The molecule has 0 aromatic carbocycles. The SMILES string of the molecule is C=CCOC(=NO)C(CC)C(=O)NC. The molecule has 14 heavy (non-hydrogen) atoms. The summed E-state index contributed by atoms with van der Waals surface area (Å²) in [5, 5.41) is 14.1. The molecule has 0 spiro atoms. The lowest BCUT2D eigenvalue weighted by atomic mass is 10.1. The van der Waals surface area contributed by atoms with Gasteiger partial charge in [0, 0.05) is 7.05 Å². The molecule has 0 saturated heterocycles. The molecule has 0 rings (SSSR count). The Morgan fingerprint density at radius 3 is 2.79 bits per heavy atom. The summed E-state index contributed by atoms with van der Waals surface area (Å²) in [6.07, 6.45) is 2.03. The van der Waals surface area contributed by atoms with Gasteiger partial charge in [0.1, 0.15) is 12.5 Å². The Morgan fingerprint density at radius 2 is 2.43 bits per heavy atom.